The Hall–Kier alpha value is -2.10. The molecular weight excluding hydrogens is 194 g/mol. The van der Waals surface area contributed by atoms with E-state index in [4.69, 9.17) is 4.74 Å². The van der Waals surface area contributed by atoms with E-state index in [0.29, 0.717) is 0 Å². The molecule has 0 N–H and O–H groups in total. The van der Waals surface area contributed by atoms with Crippen molar-refractivity contribution in [2.75, 3.05) is 0 Å². The minimum absolute atomic E-state index is 0.117. The summed E-state index contributed by atoms with van der Waals surface area (Å²) in [6.45, 7) is 0.236. The maximum atomic E-state index is 11.3. The molecule has 0 aliphatic rings. The van der Waals surface area contributed by atoms with Crippen LogP contribution >= 0.6 is 0 Å². The minimum Gasteiger partial charge on any atom is -0.455 e. The summed E-state index contributed by atoms with van der Waals surface area (Å²) in [7, 11) is 0. The molecule has 0 fully saturated rings. The van der Waals surface area contributed by atoms with Crippen LogP contribution in [0, 0.1) is 0 Å². The van der Waals surface area contributed by atoms with Crippen molar-refractivity contribution in [3.8, 4) is 0 Å². The largest absolute Gasteiger partial charge is 0.455 e. The molecule has 0 radical (unpaired) electrons. The van der Waals surface area contributed by atoms with Crippen LogP contribution in [0.25, 0.3) is 0 Å². The van der Waals surface area contributed by atoms with E-state index in [2.05, 4.69) is 9.68 Å². The fourth-order valence-electron chi connectivity index (χ4n) is 1.12. The van der Waals surface area contributed by atoms with E-state index < -0.39 is 5.97 Å². The molecule has 1 heterocycles. The van der Waals surface area contributed by atoms with Crippen molar-refractivity contribution in [1.29, 1.82) is 0 Å². The Morgan fingerprint density at radius 1 is 1.27 bits per heavy atom. The molecule has 15 heavy (non-hydrogen) atoms. The number of esters is 1. The van der Waals surface area contributed by atoms with Gasteiger partial charge in [-0.25, -0.2) is 4.79 Å². The summed E-state index contributed by atoms with van der Waals surface area (Å²) in [5.41, 5.74) is 0.936. The summed E-state index contributed by atoms with van der Waals surface area (Å²) < 4.78 is 9.66. The van der Waals surface area contributed by atoms with Gasteiger partial charge in [0, 0.05) is 6.07 Å². The molecule has 0 atom stereocenters. The van der Waals surface area contributed by atoms with Crippen molar-refractivity contribution in [2.45, 2.75) is 6.61 Å². The SMILES string of the molecule is O=C(OCc1ccccc1)c1ccno1. The summed E-state index contributed by atoms with van der Waals surface area (Å²) in [5.74, 6) is -0.387. The maximum Gasteiger partial charge on any atom is 0.377 e. The number of carbonyl (C=O) groups is 1. The van der Waals surface area contributed by atoms with Gasteiger partial charge < -0.3 is 9.26 Å². The number of carbonyl (C=O) groups excluding carboxylic acids is 1. The van der Waals surface area contributed by atoms with Gasteiger partial charge in [-0.3, -0.25) is 0 Å². The second-order valence-electron chi connectivity index (χ2n) is 2.94. The Morgan fingerprint density at radius 3 is 2.73 bits per heavy atom. The van der Waals surface area contributed by atoms with Gasteiger partial charge in [-0.15, -0.1) is 0 Å². The smallest absolute Gasteiger partial charge is 0.377 e. The molecule has 4 heteroatoms. The summed E-state index contributed by atoms with van der Waals surface area (Å²) in [6.07, 6.45) is 1.40. The molecule has 0 amide bonds. The number of aromatic nitrogens is 1. The monoisotopic (exact) mass is 203 g/mol. The van der Waals surface area contributed by atoms with Crippen LogP contribution in [0.4, 0.5) is 0 Å². The van der Waals surface area contributed by atoms with Crippen LogP contribution in [0.3, 0.4) is 0 Å². The van der Waals surface area contributed by atoms with Crippen molar-refractivity contribution in [3.05, 3.63) is 53.9 Å². The van der Waals surface area contributed by atoms with Crippen molar-refractivity contribution >= 4 is 5.97 Å². The topological polar surface area (TPSA) is 52.3 Å². The quantitative estimate of drug-likeness (QED) is 0.716. The van der Waals surface area contributed by atoms with Crippen molar-refractivity contribution in [1.82, 2.24) is 5.16 Å². The Morgan fingerprint density at radius 2 is 2.07 bits per heavy atom. The van der Waals surface area contributed by atoms with Gasteiger partial charge in [0.2, 0.25) is 5.76 Å². The summed E-state index contributed by atoms with van der Waals surface area (Å²) >= 11 is 0. The standard InChI is InChI=1S/C11H9NO3/c13-11(10-6-7-12-15-10)14-8-9-4-2-1-3-5-9/h1-7H,8H2. The predicted octanol–water partition coefficient (Wildman–Crippen LogP) is 2.03. The van der Waals surface area contributed by atoms with Crippen LogP contribution < -0.4 is 0 Å². The van der Waals surface area contributed by atoms with E-state index in [9.17, 15) is 4.79 Å². The van der Waals surface area contributed by atoms with Crippen LogP contribution in [-0.4, -0.2) is 11.1 Å². The van der Waals surface area contributed by atoms with E-state index in [1.54, 1.807) is 0 Å². The van der Waals surface area contributed by atoms with Gasteiger partial charge in [-0.2, -0.15) is 0 Å². The molecule has 2 rings (SSSR count). The molecule has 76 valence electrons. The summed E-state index contributed by atoms with van der Waals surface area (Å²) in [4.78, 5) is 11.3. The third kappa shape index (κ3) is 2.43. The van der Waals surface area contributed by atoms with Gasteiger partial charge in [0.15, 0.2) is 0 Å². The number of hydrogen-bond donors (Lipinski definition) is 0. The van der Waals surface area contributed by atoms with Crippen LogP contribution in [0.2, 0.25) is 0 Å². The lowest BCUT2D eigenvalue weighted by atomic mass is 10.2. The van der Waals surface area contributed by atoms with Gasteiger partial charge in [-0.1, -0.05) is 35.5 Å². The lowest BCUT2D eigenvalue weighted by Crippen LogP contribution is -2.03. The highest BCUT2D eigenvalue weighted by Gasteiger charge is 2.10. The Bertz CT molecular complexity index is 422. The molecule has 0 unspecified atom stereocenters. The fourth-order valence-corrected chi connectivity index (χ4v) is 1.12. The van der Waals surface area contributed by atoms with Crippen molar-refractivity contribution < 1.29 is 14.1 Å². The first-order valence-electron chi connectivity index (χ1n) is 4.48. The third-order valence-electron chi connectivity index (χ3n) is 1.85. The molecule has 4 nitrogen and oxygen atoms in total. The fraction of sp³-hybridized carbons (Fsp3) is 0.0909. The zero-order chi connectivity index (χ0) is 10.5. The van der Waals surface area contributed by atoms with E-state index in [-0.39, 0.29) is 12.4 Å². The molecule has 0 aliphatic heterocycles. The highest BCUT2D eigenvalue weighted by atomic mass is 16.6. The normalized spacial score (nSPS) is 9.87. The number of benzene rings is 1. The van der Waals surface area contributed by atoms with Crippen LogP contribution in [0.5, 0.6) is 0 Å². The van der Waals surface area contributed by atoms with Gasteiger partial charge in [0.05, 0.1) is 6.20 Å². The summed E-state index contributed by atoms with van der Waals surface area (Å²) in [5, 5.41) is 3.42. The van der Waals surface area contributed by atoms with E-state index in [1.807, 2.05) is 30.3 Å². The second-order valence-corrected chi connectivity index (χ2v) is 2.94. The van der Waals surface area contributed by atoms with Gasteiger partial charge in [0.25, 0.3) is 0 Å². The highest BCUT2D eigenvalue weighted by molar-refractivity contribution is 5.85. The average Bonchev–Trinajstić information content (AvgIpc) is 2.81. The minimum atomic E-state index is -0.503. The van der Waals surface area contributed by atoms with Gasteiger partial charge in [-0.05, 0) is 5.56 Å². The average molecular weight is 203 g/mol. The van der Waals surface area contributed by atoms with Gasteiger partial charge in [0.1, 0.15) is 6.61 Å². The molecule has 0 bridgehead atoms. The summed E-state index contributed by atoms with van der Waals surface area (Å²) in [6, 6.07) is 10.9. The molecule has 0 saturated heterocycles. The lowest BCUT2D eigenvalue weighted by molar-refractivity contribution is 0.0426. The van der Waals surface area contributed by atoms with E-state index in [1.165, 1.54) is 12.3 Å². The van der Waals surface area contributed by atoms with Crippen LogP contribution in [-0.2, 0) is 11.3 Å². The zero-order valence-corrected chi connectivity index (χ0v) is 7.92. The first-order chi connectivity index (χ1) is 7.36. The van der Waals surface area contributed by atoms with Crippen molar-refractivity contribution in [2.24, 2.45) is 0 Å². The Balaban J connectivity index is 1.92. The Kier molecular flexibility index (Phi) is 2.78. The second kappa shape index (κ2) is 4.41. The number of rotatable bonds is 3. The van der Waals surface area contributed by atoms with Crippen LogP contribution in [0.1, 0.15) is 16.1 Å². The van der Waals surface area contributed by atoms with Gasteiger partial charge >= 0.3 is 5.97 Å². The zero-order valence-electron chi connectivity index (χ0n) is 7.92. The molecule has 2 aromatic rings. The molecule has 0 aliphatic carbocycles. The van der Waals surface area contributed by atoms with E-state index in [0.717, 1.165) is 5.56 Å². The number of ether oxygens (including phenoxy) is 1. The molecule has 1 aromatic heterocycles. The maximum absolute atomic E-state index is 11.3. The van der Waals surface area contributed by atoms with Crippen LogP contribution in [0.15, 0.2) is 47.1 Å². The molecule has 0 saturated carbocycles. The number of nitrogens with zero attached hydrogens (tertiary/aromatic N) is 1. The highest BCUT2D eigenvalue weighted by Crippen LogP contribution is 2.04. The van der Waals surface area contributed by atoms with E-state index >= 15 is 0 Å². The molecule has 0 spiro atoms. The lowest BCUT2D eigenvalue weighted by Gasteiger charge is -2.01. The predicted molar refractivity (Wildman–Crippen MR) is 52.1 cm³/mol. The first-order valence-corrected chi connectivity index (χ1v) is 4.48. The third-order valence-corrected chi connectivity index (χ3v) is 1.85. The molecule has 1 aromatic carbocycles. The van der Waals surface area contributed by atoms with Crippen molar-refractivity contribution in [3.63, 3.8) is 0 Å². The molecular formula is C11H9NO3. The Labute approximate surface area is 86.5 Å². The number of hydrogen-bond acceptors (Lipinski definition) is 4. The first kappa shape index (κ1) is 9.45.